The van der Waals surface area contributed by atoms with E-state index in [4.69, 9.17) is 5.26 Å². The Balaban J connectivity index is 0.000000482. The van der Waals surface area contributed by atoms with Crippen LogP contribution in [-0.4, -0.2) is 58.5 Å². The summed E-state index contributed by atoms with van der Waals surface area (Å²) in [6.07, 6.45) is 5.17. The number of aromatic amines is 1. The second-order valence-electron chi connectivity index (χ2n) is 7.32. The van der Waals surface area contributed by atoms with E-state index in [9.17, 15) is 9.90 Å². The number of amides is 1. The van der Waals surface area contributed by atoms with Gasteiger partial charge in [-0.25, -0.2) is 0 Å². The molecule has 3 heterocycles. The number of H-pyrrole nitrogens is 1. The SMILES string of the molecule is CN(C)C=O.Cl.N#Cc1ccc2[nH]c(O)c(-c3ccc(CN4CCCC4)cn3)c2c1. The number of nitrogens with zero attached hydrogens (tertiary/aromatic N) is 4. The van der Waals surface area contributed by atoms with Gasteiger partial charge in [-0.15, -0.1) is 12.4 Å². The Hall–Kier alpha value is -3.08. The van der Waals surface area contributed by atoms with Gasteiger partial charge in [-0.2, -0.15) is 5.26 Å². The monoisotopic (exact) mass is 427 g/mol. The van der Waals surface area contributed by atoms with Crippen LogP contribution in [-0.2, 0) is 11.3 Å². The number of hydrogen-bond donors (Lipinski definition) is 2. The van der Waals surface area contributed by atoms with E-state index in [1.165, 1.54) is 23.3 Å². The molecule has 8 heteroatoms. The molecule has 1 aliphatic rings. The minimum absolute atomic E-state index is 0. The highest BCUT2D eigenvalue weighted by Gasteiger charge is 2.16. The van der Waals surface area contributed by atoms with E-state index in [0.717, 1.165) is 36.9 Å². The fourth-order valence-corrected chi connectivity index (χ4v) is 3.37. The van der Waals surface area contributed by atoms with Gasteiger partial charge in [0.2, 0.25) is 6.41 Å². The largest absolute Gasteiger partial charge is 0.494 e. The molecule has 1 saturated heterocycles. The number of aromatic nitrogens is 2. The lowest BCUT2D eigenvalue weighted by Crippen LogP contribution is -2.18. The van der Waals surface area contributed by atoms with Gasteiger partial charge in [0, 0.05) is 37.7 Å². The van der Waals surface area contributed by atoms with Crippen molar-refractivity contribution < 1.29 is 9.90 Å². The Bertz CT molecular complexity index is 1020. The normalized spacial score (nSPS) is 13.1. The summed E-state index contributed by atoms with van der Waals surface area (Å²) in [7, 11) is 3.38. The standard InChI is InChI=1S/C19H18N4O.C3H7NO.ClH/c20-10-13-3-5-16-15(9-13)18(19(24)22-16)17-6-4-14(11-21-17)12-23-7-1-2-8-23;1-4(2)3-5;/h3-6,9,11,22,24H,1-2,7-8,12H2;3H,1-2H3;1H. The van der Waals surface area contributed by atoms with Crippen LogP contribution in [0, 0.1) is 11.3 Å². The van der Waals surface area contributed by atoms with Gasteiger partial charge in [0.15, 0.2) is 5.88 Å². The molecule has 4 rings (SSSR count). The molecule has 0 unspecified atom stereocenters. The lowest BCUT2D eigenvalue weighted by Gasteiger charge is -2.14. The van der Waals surface area contributed by atoms with Gasteiger partial charge in [0.05, 0.1) is 22.9 Å². The molecule has 0 spiro atoms. The van der Waals surface area contributed by atoms with Crippen LogP contribution in [0.4, 0.5) is 0 Å². The van der Waals surface area contributed by atoms with Gasteiger partial charge in [0.25, 0.3) is 0 Å². The number of benzene rings is 1. The quantitative estimate of drug-likeness (QED) is 0.621. The number of likely N-dealkylation sites (tertiary alicyclic amines) is 1. The van der Waals surface area contributed by atoms with Crippen LogP contribution in [0.25, 0.3) is 22.2 Å². The highest BCUT2D eigenvalue weighted by Crippen LogP contribution is 2.36. The molecule has 7 nitrogen and oxygen atoms in total. The minimum atomic E-state index is 0. The van der Waals surface area contributed by atoms with Crippen LogP contribution >= 0.6 is 12.4 Å². The summed E-state index contributed by atoms with van der Waals surface area (Å²) in [4.78, 5) is 20.8. The molecule has 1 amide bonds. The van der Waals surface area contributed by atoms with E-state index in [1.807, 2.05) is 12.3 Å². The third kappa shape index (κ3) is 5.50. The van der Waals surface area contributed by atoms with Crippen LogP contribution in [0.15, 0.2) is 36.5 Å². The van der Waals surface area contributed by atoms with Gasteiger partial charge < -0.3 is 15.0 Å². The van der Waals surface area contributed by atoms with Crippen LogP contribution in [0.1, 0.15) is 24.0 Å². The maximum absolute atomic E-state index is 10.3. The zero-order chi connectivity index (χ0) is 20.8. The van der Waals surface area contributed by atoms with E-state index in [0.29, 0.717) is 16.8 Å². The van der Waals surface area contributed by atoms with Crippen molar-refractivity contribution in [2.24, 2.45) is 0 Å². The van der Waals surface area contributed by atoms with Gasteiger partial charge in [-0.1, -0.05) is 6.07 Å². The molecule has 0 saturated carbocycles. The van der Waals surface area contributed by atoms with Crippen molar-refractivity contribution in [3.63, 3.8) is 0 Å². The van der Waals surface area contributed by atoms with Crippen molar-refractivity contribution in [3.05, 3.63) is 47.7 Å². The summed E-state index contributed by atoms with van der Waals surface area (Å²) in [5.41, 5.74) is 3.89. The highest BCUT2D eigenvalue weighted by molar-refractivity contribution is 5.98. The average molecular weight is 428 g/mol. The first-order valence-electron chi connectivity index (χ1n) is 9.56. The number of nitrogens with one attached hydrogen (secondary N) is 1. The number of pyridine rings is 1. The van der Waals surface area contributed by atoms with Crippen LogP contribution in [0.3, 0.4) is 0 Å². The van der Waals surface area contributed by atoms with Crippen molar-refractivity contribution in [2.75, 3.05) is 27.2 Å². The minimum Gasteiger partial charge on any atom is -0.494 e. The Morgan fingerprint density at radius 2 is 1.97 bits per heavy atom. The molecular formula is C22H26ClN5O2. The molecule has 0 atom stereocenters. The summed E-state index contributed by atoms with van der Waals surface area (Å²) >= 11 is 0. The third-order valence-electron chi connectivity index (χ3n) is 4.80. The summed E-state index contributed by atoms with van der Waals surface area (Å²) < 4.78 is 0. The maximum atomic E-state index is 10.3. The van der Waals surface area contributed by atoms with Gasteiger partial charge in [0.1, 0.15) is 0 Å². The molecule has 2 aromatic heterocycles. The summed E-state index contributed by atoms with van der Waals surface area (Å²) in [6.45, 7) is 3.23. The molecule has 1 aromatic carbocycles. The van der Waals surface area contributed by atoms with Gasteiger partial charge >= 0.3 is 0 Å². The fraction of sp³-hybridized carbons (Fsp3) is 0.318. The predicted octanol–water partition coefficient (Wildman–Crippen LogP) is 3.53. The van der Waals surface area contributed by atoms with Crippen LogP contribution < -0.4 is 0 Å². The lowest BCUT2D eigenvalue weighted by molar-refractivity contribution is -0.115. The third-order valence-corrected chi connectivity index (χ3v) is 4.80. The first kappa shape index (κ1) is 23.2. The Morgan fingerprint density at radius 1 is 1.27 bits per heavy atom. The van der Waals surface area contributed by atoms with E-state index in [2.05, 4.69) is 27.0 Å². The number of nitriles is 1. The number of aromatic hydroxyl groups is 1. The predicted molar refractivity (Wildman–Crippen MR) is 119 cm³/mol. The maximum Gasteiger partial charge on any atom is 0.209 e. The van der Waals surface area contributed by atoms with Gasteiger partial charge in [-0.3, -0.25) is 14.7 Å². The number of halogens is 1. The lowest BCUT2D eigenvalue weighted by atomic mass is 10.1. The fourth-order valence-electron chi connectivity index (χ4n) is 3.37. The van der Waals surface area contributed by atoms with E-state index in [-0.39, 0.29) is 18.3 Å². The van der Waals surface area contributed by atoms with Gasteiger partial charge in [-0.05, 0) is 55.8 Å². The van der Waals surface area contributed by atoms with E-state index in [1.54, 1.807) is 32.3 Å². The second-order valence-corrected chi connectivity index (χ2v) is 7.32. The van der Waals surface area contributed by atoms with E-state index >= 15 is 0 Å². The first-order chi connectivity index (χ1) is 14.0. The molecule has 0 bridgehead atoms. The number of rotatable bonds is 4. The molecule has 0 radical (unpaired) electrons. The molecule has 3 aromatic rings. The smallest absolute Gasteiger partial charge is 0.209 e. The van der Waals surface area contributed by atoms with Crippen LogP contribution in [0.2, 0.25) is 0 Å². The summed E-state index contributed by atoms with van der Waals surface area (Å²) in [5.74, 6) is 0.0832. The summed E-state index contributed by atoms with van der Waals surface area (Å²) in [6, 6.07) is 11.4. The molecule has 2 N–H and O–H groups in total. The van der Waals surface area contributed by atoms with Crippen LogP contribution in [0.5, 0.6) is 5.88 Å². The Morgan fingerprint density at radius 3 is 2.53 bits per heavy atom. The summed E-state index contributed by atoms with van der Waals surface area (Å²) in [5, 5.41) is 20.2. The molecule has 30 heavy (non-hydrogen) atoms. The number of fused-ring (bicyclic) bond motifs is 1. The van der Waals surface area contributed by atoms with Crippen molar-refractivity contribution in [1.29, 1.82) is 5.26 Å². The van der Waals surface area contributed by atoms with Crippen molar-refractivity contribution in [2.45, 2.75) is 19.4 Å². The molecule has 1 fully saturated rings. The average Bonchev–Trinajstić information content (AvgIpc) is 3.35. The van der Waals surface area contributed by atoms with E-state index < -0.39 is 0 Å². The highest BCUT2D eigenvalue weighted by atomic mass is 35.5. The number of carbonyl (C=O) groups excluding carboxylic acids is 1. The second kappa shape index (κ2) is 10.6. The van der Waals surface area contributed by atoms with Crippen molar-refractivity contribution in [1.82, 2.24) is 19.8 Å². The number of hydrogen-bond acceptors (Lipinski definition) is 5. The number of carbonyl (C=O) groups is 1. The zero-order valence-electron chi connectivity index (χ0n) is 17.1. The first-order valence-corrected chi connectivity index (χ1v) is 9.56. The zero-order valence-corrected chi connectivity index (χ0v) is 17.9. The van der Waals surface area contributed by atoms with Crippen molar-refractivity contribution >= 4 is 29.7 Å². The molecule has 0 aliphatic carbocycles. The Kier molecular flexibility index (Phi) is 8.22. The molecular weight excluding hydrogens is 402 g/mol. The molecule has 1 aliphatic heterocycles. The van der Waals surface area contributed by atoms with Crippen molar-refractivity contribution in [3.8, 4) is 23.2 Å². The molecule has 158 valence electrons. The Labute approximate surface area is 182 Å². The topological polar surface area (TPSA) is 96.2 Å².